The first-order chi connectivity index (χ1) is 13.4. The van der Waals surface area contributed by atoms with Gasteiger partial charge in [-0.1, -0.05) is 12.1 Å². The summed E-state index contributed by atoms with van der Waals surface area (Å²) < 4.78 is 27.5. The van der Waals surface area contributed by atoms with Crippen molar-refractivity contribution in [3.05, 3.63) is 46.5 Å². The van der Waals surface area contributed by atoms with Gasteiger partial charge in [-0.15, -0.1) is 0 Å². The molecule has 8 nitrogen and oxygen atoms in total. The summed E-state index contributed by atoms with van der Waals surface area (Å²) in [6.45, 7) is 6.10. The van der Waals surface area contributed by atoms with Gasteiger partial charge in [-0.05, 0) is 32.0 Å². The van der Waals surface area contributed by atoms with Crippen molar-refractivity contribution in [2.24, 2.45) is 0 Å². The molecule has 4 rings (SSSR count). The van der Waals surface area contributed by atoms with Crippen LogP contribution in [0.3, 0.4) is 0 Å². The topological polar surface area (TPSA) is 87.5 Å². The molecular weight excluding hydrogens is 365 g/mol. The largest absolute Gasteiger partial charge is 0.384 e. The lowest BCUT2D eigenvalue weighted by atomic mass is 10.2. The molecule has 0 saturated heterocycles. The van der Waals surface area contributed by atoms with Gasteiger partial charge < -0.3 is 13.8 Å². The highest BCUT2D eigenvalue weighted by Crippen LogP contribution is 2.26. The summed E-state index contributed by atoms with van der Waals surface area (Å²) in [4.78, 5) is 22.0. The average Bonchev–Trinajstić information content (AvgIpc) is 3.29. The number of hydrogen-bond donors (Lipinski definition) is 0. The average molecular weight is 385 g/mol. The molecule has 0 saturated carbocycles. The lowest BCUT2D eigenvalue weighted by Gasteiger charge is -2.15. The van der Waals surface area contributed by atoms with Gasteiger partial charge in [-0.25, -0.2) is 9.37 Å². The van der Waals surface area contributed by atoms with Crippen molar-refractivity contribution in [1.29, 1.82) is 0 Å². The van der Waals surface area contributed by atoms with E-state index in [9.17, 15) is 9.18 Å². The lowest BCUT2D eigenvalue weighted by molar-refractivity contribution is 0.180. The fraction of sp³-hybridized carbons (Fsp3) is 0.368. The van der Waals surface area contributed by atoms with Crippen LogP contribution < -0.4 is 5.56 Å². The summed E-state index contributed by atoms with van der Waals surface area (Å²) in [5.74, 6) is 0.168. The predicted molar refractivity (Wildman–Crippen MR) is 101 cm³/mol. The summed E-state index contributed by atoms with van der Waals surface area (Å²) in [6.07, 6.45) is 1.51. The second-order valence-corrected chi connectivity index (χ2v) is 7.03. The van der Waals surface area contributed by atoms with Gasteiger partial charge in [-0.2, -0.15) is 4.98 Å². The third-order valence-electron chi connectivity index (χ3n) is 4.66. The van der Waals surface area contributed by atoms with Crippen LogP contribution in [0.1, 0.15) is 38.6 Å². The van der Waals surface area contributed by atoms with Crippen molar-refractivity contribution < 1.29 is 13.7 Å². The fourth-order valence-corrected chi connectivity index (χ4v) is 3.38. The Hall–Kier alpha value is -3.07. The third-order valence-corrected chi connectivity index (χ3v) is 4.66. The van der Waals surface area contributed by atoms with Crippen LogP contribution in [0.25, 0.3) is 28.1 Å². The maximum atomic E-state index is 13.8. The zero-order valence-corrected chi connectivity index (χ0v) is 16.0. The van der Waals surface area contributed by atoms with Crippen molar-refractivity contribution >= 4 is 16.6 Å². The molecule has 0 N–H and O–H groups in total. The Bertz CT molecular complexity index is 1220. The molecule has 1 atom stereocenters. The highest BCUT2D eigenvalue weighted by molar-refractivity contribution is 5.83. The number of fused-ring (bicyclic) bond motifs is 3. The minimum atomic E-state index is -0.408. The van der Waals surface area contributed by atoms with E-state index in [0.717, 1.165) is 0 Å². The van der Waals surface area contributed by atoms with Gasteiger partial charge in [0.1, 0.15) is 17.7 Å². The van der Waals surface area contributed by atoms with E-state index < -0.39 is 5.82 Å². The molecule has 146 valence electrons. The third kappa shape index (κ3) is 2.78. The molecule has 1 unspecified atom stereocenters. The van der Waals surface area contributed by atoms with Crippen LogP contribution in [0.15, 0.2) is 33.8 Å². The lowest BCUT2D eigenvalue weighted by Crippen LogP contribution is -2.24. The second-order valence-electron chi connectivity index (χ2n) is 7.03. The quantitative estimate of drug-likeness (QED) is 0.524. The molecule has 3 aromatic heterocycles. The van der Waals surface area contributed by atoms with E-state index in [1.165, 1.54) is 18.5 Å². The van der Waals surface area contributed by atoms with Gasteiger partial charge >= 0.3 is 0 Å². The molecule has 0 aliphatic heterocycles. The number of ether oxygens (including phenoxy) is 1. The Kier molecular flexibility index (Phi) is 4.46. The van der Waals surface area contributed by atoms with E-state index >= 15 is 0 Å². The van der Waals surface area contributed by atoms with Crippen molar-refractivity contribution in [1.82, 2.24) is 24.1 Å². The fourth-order valence-electron chi connectivity index (χ4n) is 3.38. The Morgan fingerprint density at radius 3 is 2.75 bits per heavy atom. The molecule has 0 amide bonds. The van der Waals surface area contributed by atoms with Crippen LogP contribution in [0.2, 0.25) is 0 Å². The Morgan fingerprint density at radius 1 is 1.25 bits per heavy atom. The summed E-state index contributed by atoms with van der Waals surface area (Å²) >= 11 is 0. The molecule has 0 fully saturated rings. The molecule has 4 aromatic rings. The van der Waals surface area contributed by atoms with Crippen LogP contribution in [0.4, 0.5) is 4.39 Å². The van der Waals surface area contributed by atoms with E-state index in [0.29, 0.717) is 34.7 Å². The monoisotopic (exact) mass is 385 g/mol. The zero-order valence-electron chi connectivity index (χ0n) is 16.0. The van der Waals surface area contributed by atoms with Crippen molar-refractivity contribution in [2.75, 3.05) is 13.7 Å². The van der Waals surface area contributed by atoms with Crippen LogP contribution in [0, 0.1) is 5.82 Å². The number of hydrogen-bond acceptors (Lipinski definition) is 6. The summed E-state index contributed by atoms with van der Waals surface area (Å²) in [5.41, 5.74) is 1.47. The van der Waals surface area contributed by atoms with Crippen molar-refractivity contribution in [3.8, 4) is 11.6 Å². The summed E-state index contributed by atoms with van der Waals surface area (Å²) in [7, 11) is 1.60. The number of methoxy groups -OCH3 is 1. The predicted octanol–water partition coefficient (Wildman–Crippen LogP) is 3.17. The van der Waals surface area contributed by atoms with Gasteiger partial charge in [0.25, 0.3) is 11.4 Å². The first kappa shape index (κ1) is 18.3. The minimum absolute atomic E-state index is 0.0625. The molecule has 0 radical (unpaired) electrons. The number of halogens is 1. The van der Waals surface area contributed by atoms with Crippen molar-refractivity contribution in [3.63, 3.8) is 0 Å². The molecule has 3 heterocycles. The molecule has 9 heteroatoms. The molecule has 0 spiro atoms. The maximum Gasteiger partial charge on any atom is 0.278 e. The molecule has 0 bridgehead atoms. The van der Waals surface area contributed by atoms with E-state index in [2.05, 4.69) is 15.1 Å². The van der Waals surface area contributed by atoms with E-state index in [-0.39, 0.29) is 23.4 Å². The van der Waals surface area contributed by atoms with E-state index in [4.69, 9.17) is 9.26 Å². The molecule has 0 aliphatic rings. The van der Waals surface area contributed by atoms with Gasteiger partial charge in [0, 0.05) is 19.1 Å². The van der Waals surface area contributed by atoms with Gasteiger partial charge in [0.2, 0.25) is 0 Å². The smallest absolute Gasteiger partial charge is 0.278 e. The molecule has 1 aromatic carbocycles. The molecule has 0 aliphatic carbocycles. The van der Waals surface area contributed by atoms with Crippen molar-refractivity contribution in [2.45, 2.75) is 32.7 Å². The van der Waals surface area contributed by atoms with Gasteiger partial charge in [0.05, 0.1) is 17.6 Å². The number of rotatable bonds is 5. The first-order valence-corrected chi connectivity index (χ1v) is 8.96. The van der Waals surface area contributed by atoms with Crippen LogP contribution in [0.5, 0.6) is 0 Å². The van der Waals surface area contributed by atoms with Crippen LogP contribution in [-0.2, 0) is 4.74 Å². The van der Waals surface area contributed by atoms with Gasteiger partial charge in [-0.3, -0.25) is 9.20 Å². The van der Waals surface area contributed by atoms with Crippen LogP contribution in [-0.4, -0.2) is 37.8 Å². The molecular formula is C19H20FN5O3. The Morgan fingerprint density at radius 2 is 2.04 bits per heavy atom. The van der Waals surface area contributed by atoms with E-state index in [1.54, 1.807) is 22.1 Å². The second kappa shape index (κ2) is 6.83. The normalized spacial score (nSPS) is 13.1. The van der Waals surface area contributed by atoms with E-state index in [1.807, 2.05) is 20.8 Å². The first-order valence-electron chi connectivity index (χ1n) is 8.96. The van der Waals surface area contributed by atoms with Gasteiger partial charge in [0.15, 0.2) is 11.5 Å². The zero-order chi connectivity index (χ0) is 20.0. The highest BCUT2D eigenvalue weighted by Gasteiger charge is 2.23. The standard InChI is InChI=1S/C19H20FN5O3/c1-10(2)25-14-7-12(20)5-6-13(14)24-9-21-15(16(24)19(25)26)18-22-17(23-28-18)11(3)8-27-4/h5-7,9-11H,8H2,1-4H3. The number of nitrogens with zero attached hydrogens (tertiary/aromatic N) is 5. The Balaban J connectivity index is 1.99. The minimum Gasteiger partial charge on any atom is -0.384 e. The summed E-state index contributed by atoms with van der Waals surface area (Å²) in [5, 5.41) is 3.98. The SMILES string of the molecule is COCC(C)c1noc(-c2ncn3c2c(=O)n(C(C)C)c2cc(F)ccc23)n1. The number of benzene rings is 1. The summed E-state index contributed by atoms with van der Waals surface area (Å²) in [6, 6.07) is 4.16. The number of aromatic nitrogens is 5. The highest BCUT2D eigenvalue weighted by atomic mass is 19.1. The van der Waals surface area contributed by atoms with Crippen LogP contribution >= 0.6 is 0 Å². The molecule has 28 heavy (non-hydrogen) atoms. The maximum absolute atomic E-state index is 13.8. The number of imidazole rings is 1. The Labute approximate surface area is 159 Å².